The van der Waals surface area contributed by atoms with E-state index >= 15 is 0 Å². The molecule has 21 heavy (non-hydrogen) atoms. The summed E-state index contributed by atoms with van der Waals surface area (Å²) in [5, 5.41) is 9.41. The van der Waals surface area contributed by atoms with Gasteiger partial charge in [-0.15, -0.1) is 0 Å². The zero-order chi connectivity index (χ0) is 15.6. The van der Waals surface area contributed by atoms with E-state index in [2.05, 4.69) is 0 Å². The van der Waals surface area contributed by atoms with Crippen LogP contribution in [0.2, 0.25) is 0 Å². The quantitative estimate of drug-likeness (QED) is 0.792. The minimum atomic E-state index is -3.49. The summed E-state index contributed by atoms with van der Waals surface area (Å²) in [4.78, 5) is 0.289. The van der Waals surface area contributed by atoms with Crippen LogP contribution in [-0.4, -0.2) is 47.5 Å². The first kappa shape index (κ1) is 16.9. The largest absolute Gasteiger partial charge is 0.390 e. The summed E-state index contributed by atoms with van der Waals surface area (Å²) in [6.45, 7) is 1.80. The molecule has 1 atom stereocenters. The summed E-state index contributed by atoms with van der Waals surface area (Å²) in [5.74, 6) is 0.937. The standard InChI is InChI=1S/C14H24N2O3S2/c1-11(6-7-20-3)15(2)21(18,19)14-8-13(10-17)16(9-14)12-4-5-12/h8-9,11-12,17H,4-7,10H2,1-3H3. The van der Waals surface area contributed by atoms with Gasteiger partial charge in [0.25, 0.3) is 0 Å². The van der Waals surface area contributed by atoms with Crippen molar-refractivity contribution < 1.29 is 13.5 Å². The summed E-state index contributed by atoms with van der Waals surface area (Å²) in [6, 6.07) is 1.92. The smallest absolute Gasteiger partial charge is 0.244 e. The Hall–Kier alpha value is -0.500. The third-order valence-corrected chi connectivity index (χ3v) is 6.63. The molecule has 1 fully saturated rings. The molecule has 1 N–H and O–H groups in total. The zero-order valence-corrected chi connectivity index (χ0v) is 14.5. The Balaban J connectivity index is 2.22. The molecule has 0 bridgehead atoms. The second-order valence-corrected chi connectivity index (χ2v) is 8.60. The number of rotatable bonds is 8. The van der Waals surface area contributed by atoms with Gasteiger partial charge in [-0.1, -0.05) is 0 Å². The van der Waals surface area contributed by atoms with Gasteiger partial charge in [-0.3, -0.25) is 0 Å². The summed E-state index contributed by atoms with van der Waals surface area (Å²) in [5.41, 5.74) is 0.682. The van der Waals surface area contributed by atoms with E-state index in [1.807, 2.05) is 17.7 Å². The van der Waals surface area contributed by atoms with Gasteiger partial charge in [0.1, 0.15) is 4.90 Å². The Morgan fingerprint density at radius 1 is 1.52 bits per heavy atom. The number of hydrogen-bond acceptors (Lipinski definition) is 4. The van der Waals surface area contributed by atoms with Crippen molar-refractivity contribution in [1.29, 1.82) is 0 Å². The van der Waals surface area contributed by atoms with Crippen molar-refractivity contribution in [2.45, 2.75) is 49.8 Å². The Morgan fingerprint density at radius 2 is 2.19 bits per heavy atom. The van der Waals surface area contributed by atoms with E-state index < -0.39 is 10.0 Å². The maximum Gasteiger partial charge on any atom is 0.244 e. The second kappa shape index (κ2) is 6.73. The van der Waals surface area contributed by atoms with Gasteiger partial charge in [0.05, 0.1) is 6.61 Å². The lowest BCUT2D eigenvalue weighted by atomic mass is 10.3. The molecule has 1 heterocycles. The van der Waals surface area contributed by atoms with Gasteiger partial charge in [-0.05, 0) is 44.3 Å². The molecule has 0 aliphatic heterocycles. The van der Waals surface area contributed by atoms with E-state index in [1.165, 1.54) is 4.31 Å². The molecule has 1 aromatic rings. The molecule has 1 unspecified atom stereocenters. The van der Waals surface area contributed by atoms with Crippen LogP contribution in [0, 0.1) is 0 Å². The predicted octanol–water partition coefficient (Wildman–Crippen LogP) is 2.08. The predicted molar refractivity (Wildman–Crippen MR) is 86.0 cm³/mol. The van der Waals surface area contributed by atoms with E-state index in [9.17, 15) is 13.5 Å². The fourth-order valence-corrected chi connectivity index (χ4v) is 4.35. The number of sulfonamides is 1. The highest BCUT2D eigenvalue weighted by Gasteiger charge is 2.31. The van der Waals surface area contributed by atoms with Crippen molar-refractivity contribution in [3.63, 3.8) is 0 Å². The number of nitrogens with zero attached hydrogens (tertiary/aromatic N) is 2. The van der Waals surface area contributed by atoms with Crippen LogP contribution in [0.1, 0.15) is 37.9 Å². The Morgan fingerprint density at radius 3 is 2.71 bits per heavy atom. The molecule has 0 spiro atoms. The van der Waals surface area contributed by atoms with Crippen LogP contribution in [0.4, 0.5) is 0 Å². The van der Waals surface area contributed by atoms with Gasteiger partial charge in [-0.2, -0.15) is 16.1 Å². The zero-order valence-electron chi connectivity index (χ0n) is 12.8. The second-order valence-electron chi connectivity index (χ2n) is 5.62. The van der Waals surface area contributed by atoms with Crippen LogP contribution in [0.15, 0.2) is 17.2 Å². The normalized spacial score (nSPS) is 17.4. The molecule has 0 saturated heterocycles. The highest BCUT2D eigenvalue weighted by atomic mass is 32.2. The molecule has 1 saturated carbocycles. The first-order valence-corrected chi connectivity index (χ1v) is 10.0. The maximum atomic E-state index is 12.7. The number of aliphatic hydroxyl groups is 1. The highest BCUT2D eigenvalue weighted by molar-refractivity contribution is 7.98. The third-order valence-electron chi connectivity index (χ3n) is 4.05. The molecule has 0 amide bonds. The van der Waals surface area contributed by atoms with Crippen molar-refractivity contribution >= 4 is 21.8 Å². The van der Waals surface area contributed by atoms with Crippen LogP contribution >= 0.6 is 11.8 Å². The first-order chi connectivity index (χ1) is 9.91. The minimum absolute atomic E-state index is 0.0377. The van der Waals surface area contributed by atoms with Crippen molar-refractivity contribution in [1.82, 2.24) is 8.87 Å². The average molecular weight is 332 g/mol. The summed E-state index contributed by atoms with van der Waals surface area (Å²) < 4.78 is 28.7. The molecule has 0 radical (unpaired) electrons. The van der Waals surface area contributed by atoms with Crippen LogP contribution in [0.25, 0.3) is 0 Å². The van der Waals surface area contributed by atoms with Crippen molar-refractivity contribution in [2.75, 3.05) is 19.1 Å². The van der Waals surface area contributed by atoms with Gasteiger partial charge in [0.15, 0.2) is 0 Å². The number of thioether (sulfide) groups is 1. The van der Waals surface area contributed by atoms with E-state index in [4.69, 9.17) is 0 Å². The summed E-state index contributed by atoms with van der Waals surface area (Å²) in [7, 11) is -1.86. The fraction of sp³-hybridized carbons (Fsp3) is 0.714. The van der Waals surface area contributed by atoms with E-state index in [1.54, 1.807) is 31.1 Å². The Labute approximate surface area is 131 Å². The first-order valence-electron chi connectivity index (χ1n) is 7.20. The van der Waals surface area contributed by atoms with Crippen molar-refractivity contribution in [3.8, 4) is 0 Å². The number of hydrogen-bond donors (Lipinski definition) is 1. The molecule has 5 nitrogen and oxygen atoms in total. The summed E-state index contributed by atoms with van der Waals surface area (Å²) >= 11 is 1.72. The number of aromatic nitrogens is 1. The van der Waals surface area contributed by atoms with Gasteiger partial charge in [0.2, 0.25) is 10.0 Å². The van der Waals surface area contributed by atoms with Crippen LogP contribution in [0.5, 0.6) is 0 Å². The van der Waals surface area contributed by atoms with Crippen molar-refractivity contribution in [3.05, 3.63) is 18.0 Å². The molecular weight excluding hydrogens is 308 g/mol. The lowest BCUT2D eigenvalue weighted by molar-refractivity contribution is 0.270. The van der Waals surface area contributed by atoms with Crippen LogP contribution in [-0.2, 0) is 16.6 Å². The molecule has 120 valence electrons. The highest BCUT2D eigenvalue weighted by Crippen LogP contribution is 2.37. The Kier molecular flexibility index (Phi) is 5.40. The topological polar surface area (TPSA) is 62.5 Å². The van der Waals surface area contributed by atoms with Gasteiger partial charge < -0.3 is 9.67 Å². The van der Waals surface area contributed by atoms with Gasteiger partial charge in [0, 0.05) is 31.0 Å². The SMILES string of the molecule is CSCCC(C)N(C)S(=O)(=O)c1cc(CO)n(C2CC2)c1. The molecule has 1 aliphatic carbocycles. The fourth-order valence-electron chi connectivity index (χ4n) is 2.33. The lowest BCUT2D eigenvalue weighted by Gasteiger charge is -2.23. The molecule has 2 rings (SSSR count). The van der Waals surface area contributed by atoms with E-state index in [0.29, 0.717) is 11.7 Å². The number of aliphatic hydroxyl groups excluding tert-OH is 1. The monoisotopic (exact) mass is 332 g/mol. The van der Waals surface area contributed by atoms with Gasteiger partial charge >= 0.3 is 0 Å². The molecule has 0 aromatic carbocycles. The van der Waals surface area contributed by atoms with Crippen LogP contribution in [0.3, 0.4) is 0 Å². The Bertz CT molecular complexity index is 579. The molecule has 1 aliphatic rings. The molecule has 1 aromatic heterocycles. The van der Waals surface area contributed by atoms with E-state index in [0.717, 1.165) is 25.0 Å². The van der Waals surface area contributed by atoms with Gasteiger partial charge in [-0.25, -0.2) is 8.42 Å². The van der Waals surface area contributed by atoms with Crippen LogP contribution < -0.4 is 0 Å². The third kappa shape index (κ3) is 3.64. The maximum absolute atomic E-state index is 12.7. The van der Waals surface area contributed by atoms with Crippen molar-refractivity contribution in [2.24, 2.45) is 0 Å². The molecule has 7 heteroatoms. The lowest BCUT2D eigenvalue weighted by Crippen LogP contribution is -2.35. The van der Waals surface area contributed by atoms with E-state index in [-0.39, 0.29) is 17.5 Å². The minimum Gasteiger partial charge on any atom is -0.390 e. The molecular formula is C14H24N2O3S2. The summed E-state index contributed by atoms with van der Waals surface area (Å²) in [6.07, 6.45) is 6.64. The average Bonchev–Trinajstić information content (AvgIpc) is 3.22.